The quantitative estimate of drug-likeness (QED) is 0.475. The Hall–Kier alpha value is -0.450. The van der Waals surface area contributed by atoms with Crippen LogP contribution in [0.4, 0.5) is 35.1 Å². The van der Waals surface area contributed by atoms with Gasteiger partial charge in [-0.15, -0.1) is 0 Å². The van der Waals surface area contributed by atoms with Crippen LogP contribution in [0.15, 0.2) is 0 Å². The summed E-state index contributed by atoms with van der Waals surface area (Å²) in [5.74, 6) is -9.49. The maximum absolute atomic E-state index is 12.4. The molecule has 0 aromatic carbocycles. The van der Waals surface area contributed by atoms with Gasteiger partial charge in [0.05, 0.1) is 0 Å². The molecule has 0 rings (SSSR count). The highest BCUT2D eigenvalue weighted by molar-refractivity contribution is 7.48. The van der Waals surface area contributed by atoms with Gasteiger partial charge in [-0.25, -0.2) is 22.1 Å². The van der Waals surface area contributed by atoms with E-state index in [2.05, 4.69) is 13.6 Å². The van der Waals surface area contributed by atoms with Crippen LogP contribution in [-0.2, 0) is 18.1 Å². The second-order valence-electron chi connectivity index (χ2n) is 3.30. The van der Waals surface area contributed by atoms with E-state index in [1.165, 1.54) is 0 Å². The molecule has 0 N–H and O–H groups in total. The molecule has 0 aliphatic heterocycles. The van der Waals surface area contributed by atoms with Crippen molar-refractivity contribution in [3.63, 3.8) is 0 Å². The molecule has 20 heavy (non-hydrogen) atoms. The molecular formula is C7H9F8O4P. The summed E-state index contributed by atoms with van der Waals surface area (Å²) in [5, 5.41) is 0. The zero-order chi connectivity index (χ0) is 16.2. The number of phosphoric acid groups is 1. The molecule has 0 radical (unpaired) electrons. The van der Waals surface area contributed by atoms with Crippen molar-refractivity contribution in [2.75, 3.05) is 20.3 Å². The third kappa shape index (κ3) is 5.90. The first-order valence-electron chi connectivity index (χ1n) is 4.63. The Balaban J connectivity index is 4.61. The van der Waals surface area contributed by atoms with Crippen molar-refractivity contribution < 1.29 is 53.3 Å². The van der Waals surface area contributed by atoms with Crippen molar-refractivity contribution in [1.29, 1.82) is 0 Å². The smallest absolute Gasteiger partial charge is 0.290 e. The molecule has 0 saturated heterocycles. The van der Waals surface area contributed by atoms with E-state index in [1.807, 2.05) is 0 Å². The number of halogens is 8. The van der Waals surface area contributed by atoms with Crippen LogP contribution in [0.3, 0.4) is 0 Å². The summed E-state index contributed by atoms with van der Waals surface area (Å²) in [7, 11) is -4.60. The van der Waals surface area contributed by atoms with E-state index in [4.69, 9.17) is 0 Å². The third-order valence-corrected chi connectivity index (χ3v) is 3.03. The standard InChI is InChI=1S/C7H9F8O4P/c1-17-20(16,18-2-6(12,13)4(8)9)19-3-7(14,15)5(10)11/h4-5H,2-3H2,1H3. The Morgan fingerprint density at radius 3 is 1.40 bits per heavy atom. The summed E-state index contributed by atoms with van der Waals surface area (Å²) in [6.45, 7) is -4.34. The highest BCUT2D eigenvalue weighted by atomic mass is 31.2. The van der Waals surface area contributed by atoms with E-state index in [-0.39, 0.29) is 0 Å². The molecule has 0 aromatic rings. The molecule has 122 valence electrons. The Labute approximate surface area is 107 Å². The van der Waals surface area contributed by atoms with Crippen molar-refractivity contribution in [2.45, 2.75) is 24.7 Å². The topological polar surface area (TPSA) is 44.8 Å². The Morgan fingerprint density at radius 1 is 0.900 bits per heavy atom. The van der Waals surface area contributed by atoms with Crippen LogP contribution >= 0.6 is 7.82 Å². The molecule has 0 aliphatic rings. The maximum atomic E-state index is 12.4. The zero-order valence-corrected chi connectivity index (χ0v) is 10.6. The molecule has 0 bridgehead atoms. The first-order chi connectivity index (χ1) is 8.86. The summed E-state index contributed by atoms with van der Waals surface area (Å²) < 4.78 is 119. The minimum absolute atomic E-state index is 0.502. The SMILES string of the molecule is COP(=O)(OCC(F)(F)C(F)F)OCC(F)(F)C(F)F. The molecule has 0 saturated carbocycles. The van der Waals surface area contributed by atoms with Gasteiger partial charge in [0.2, 0.25) is 0 Å². The van der Waals surface area contributed by atoms with Crippen molar-refractivity contribution in [3.05, 3.63) is 0 Å². The highest BCUT2D eigenvalue weighted by Gasteiger charge is 2.47. The summed E-state index contributed by atoms with van der Waals surface area (Å²) in [6, 6.07) is 0. The lowest BCUT2D eigenvalue weighted by molar-refractivity contribution is -0.162. The number of hydrogen-bond acceptors (Lipinski definition) is 4. The third-order valence-electron chi connectivity index (χ3n) is 1.69. The molecule has 0 amide bonds. The Morgan fingerprint density at radius 2 is 1.20 bits per heavy atom. The zero-order valence-electron chi connectivity index (χ0n) is 9.67. The van der Waals surface area contributed by atoms with Gasteiger partial charge in [-0.2, -0.15) is 17.6 Å². The van der Waals surface area contributed by atoms with E-state index in [1.54, 1.807) is 0 Å². The number of rotatable bonds is 9. The van der Waals surface area contributed by atoms with Gasteiger partial charge < -0.3 is 0 Å². The van der Waals surface area contributed by atoms with Crippen molar-refractivity contribution >= 4 is 7.82 Å². The first-order valence-corrected chi connectivity index (χ1v) is 6.09. The van der Waals surface area contributed by atoms with Gasteiger partial charge >= 0.3 is 32.5 Å². The Bertz CT molecular complexity index is 322. The van der Waals surface area contributed by atoms with E-state index < -0.39 is 45.7 Å². The molecule has 4 nitrogen and oxygen atoms in total. The van der Waals surface area contributed by atoms with E-state index in [0.29, 0.717) is 7.11 Å². The van der Waals surface area contributed by atoms with Crippen LogP contribution in [0.5, 0.6) is 0 Å². The number of hydrogen-bond donors (Lipinski definition) is 0. The number of alkyl halides is 8. The second-order valence-corrected chi connectivity index (χ2v) is 5.08. The second kappa shape index (κ2) is 7.01. The molecule has 0 unspecified atom stereocenters. The average Bonchev–Trinajstić information content (AvgIpc) is 2.34. The highest BCUT2D eigenvalue weighted by Crippen LogP contribution is 2.50. The van der Waals surface area contributed by atoms with E-state index >= 15 is 0 Å². The fraction of sp³-hybridized carbons (Fsp3) is 1.00. The van der Waals surface area contributed by atoms with Gasteiger partial charge in [0.15, 0.2) is 0 Å². The van der Waals surface area contributed by atoms with Crippen LogP contribution < -0.4 is 0 Å². The fourth-order valence-electron chi connectivity index (χ4n) is 0.599. The number of phosphoric ester groups is 1. The van der Waals surface area contributed by atoms with Crippen LogP contribution in [0.25, 0.3) is 0 Å². The van der Waals surface area contributed by atoms with Crippen LogP contribution in [0.1, 0.15) is 0 Å². The van der Waals surface area contributed by atoms with Crippen molar-refractivity contribution in [2.24, 2.45) is 0 Å². The maximum Gasteiger partial charge on any atom is 0.474 e. The van der Waals surface area contributed by atoms with E-state index in [0.717, 1.165) is 0 Å². The minimum atomic E-state index is -5.10. The van der Waals surface area contributed by atoms with Gasteiger partial charge in [0.1, 0.15) is 13.2 Å². The largest absolute Gasteiger partial charge is 0.474 e. The van der Waals surface area contributed by atoms with Crippen molar-refractivity contribution in [1.82, 2.24) is 0 Å². The molecular weight excluding hydrogens is 331 g/mol. The fourth-order valence-corrected chi connectivity index (χ4v) is 1.54. The van der Waals surface area contributed by atoms with Gasteiger partial charge in [0.25, 0.3) is 0 Å². The lowest BCUT2D eigenvalue weighted by atomic mass is 10.4. The summed E-state index contributed by atoms with van der Waals surface area (Å²) in [5.41, 5.74) is 0. The lowest BCUT2D eigenvalue weighted by Gasteiger charge is -2.22. The monoisotopic (exact) mass is 340 g/mol. The van der Waals surface area contributed by atoms with Gasteiger partial charge in [0, 0.05) is 7.11 Å². The van der Waals surface area contributed by atoms with Gasteiger partial charge in [-0.05, 0) is 0 Å². The Kier molecular flexibility index (Phi) is 6.85. The molecule has 0 fully saturated rings. The minimum Gasteiger partial charge on any atom is -0.290 e. The summed E-state index contributed by atoms with van der Waals surface area (Å²) >= 11 is 0. The van der Waals surface area contributed by atoms with Crippen LogP contribution in [-0.4, -0.2) is 45.0 Å². The van der Waals surface area contributed by atoms with Crippen molar-refractivity contribution in [3.8, 4) is 0 Å². The van der Waals surface area contributed by atoms with Gasteiger partial charge in [-0.1, -0.05) is 0 Å². The molecule has 0 heterocycles. The summed E-state index contributed by atoms with van der Waals surface area (Å²) in [6.07, 6.45) is -8.37. The predicted octanol–water partition coefficient (Wildman–Crippen LogP) is 3.57. The van der Waals surface area contributed by atoms with Crippen LogP contribution in [0, 0.1) is 0 Å². The van der Waals surface area contributed by atoms with Crippen LogP contribution in [0.2, 0.25) is 0 Å². The predicted molar refractivity (Wildman–Crippen MR) is 48.4 cm³/mol. The first kappa shape index (κ1) is 19.6. The molecule has 0 atom stereocenters. The molecule has 13 heteroatoms. The average molecular weight is 340 g/mol. The molecule has 0 aliphatic carbocycles. The van der Waals surface area contributed by atoms with E-state index in [9.17, 15) is 39.7 Å². The normalized spacial score (nSPS) is 14.3. The molecule has 0 aromatic heterocycles. The molecule has 0 spiro atoms. The van der Waals surface area contributed by atoms with Gasteiger partial charge in [-0.3, -0.25) is 13.6 Å². The lowest BCUT2D eigenvalue weighted by Crippen LogP contribution is -2.34. The summed E-state index contributed by atoms with van der Waals surface area (Å²) in [4.78, 5) is 0.